The lowest BCUT2D eigenvalue weighted by Gasteiger charge is -2.39. The van der Waals surface area contributed by atoms with Crippen molar-refractivity contribution >= 4 is 27.8 Å². The molecule has 0 unspecified atom stereocenters. The summed E-state index contributed by atoms with van der Waals surface area (Å²) in [7, 11) is 0. The second-order valence-corrected chi connectivity index (χ2v) is 6.40. The van der Waals surface area contributed by atoms with Crippen LogP contribution in [0, 0.1) is 11.3 Å². The van der Waals surface area contributed by atoms with Crippen LogP contribution in [0.4, 0.5) is 10.6 Å². The number of nitrogens with zero attached hydrogens (tertiary/aromatic N) is 4. The largest absolute Gasteiger partial charge is 0.444 e. The Labute approximate surface area is 125 Å². The van der Waals surface area contributed by atoms with Crippen molar-refractivity contribution in [3.05, 3.63) is 10.2 Å². The monoisotopic (exact) mass is 341 g/mol. The first kappa shape index (κ1) is 14.7. The van der Waals surface area contributed by atoms with Gasteiger partial charge in [0.1, 0.15) is 27.7 Å². The Kier molecular flexibility index (Phi) is 3.65. The summed E-state index contributed by atoms with van der Waals surface area (Å²) in [6.45, 7) is 6.41. The van der Waals surface area contributed by atoms with E-state index in [0.29, 0.717) is 29.1 Å². The molecule has 0 atom stereocenters. The molecule has 2 rings (SSSR count). The predicted octanol–water partition coefficient (Wildman–Crippen LogP) is 1.89. The second-order valence-electron chi connectivity index (χ2n) is 5.65. The van der Waals surface area contributed by atoms with E-state index in [4.69, 9.17) is 15.7 Å². The molecular formula is C12H16BrN5O2. The van der Waals surface area contributed by atoms with Crippen LogP contribution in [0.3, 0.4) is 0 Å². The lowest BCUT2D eigenvalue weighted by Crippen LogP contribution is -2.52. The molecule has 1 amide bonds. The van der Waals surface area contributed by atoms with Crippen LogP contribution in [0.1, 0.15) is 32.4 Å². The van der Waals surface area contributed by atoms with Crippen molar-refractivity contribution in [2.75, 3.05) is 18.8 Å². The van der Waals surface area contributed by atoms with Crippen LogP contribution < -0.4 is 5.73 Å². The van der Waals surface area contributed by atoms with Crippen LogP contribution in [0.5, 0.6) is 0 Å². The highest BCUT2D eigenvalue weighted by Crippen LogP contribution is 2.29. The number of hydrogen-bond donors (Lipinski definition) is 1. The van der Waals surface area contributed by atoms with Gasteiger partial charge in [-0.15, -0.1) is 0 Å². The standard InChI is InChI=1S/C12H16BrN5O2/c1-12(2,3)20-11(19)17-5-7(6-17)18-10(15)8(4-14)9(13)16-18/h7H,5-6,15H2,1-3H3. The first-order valence-electron chi connectivity index (χ1n) is 6.14. The van der Waals surface area contributed by atoms with Gasteiger partial charge in [-0.2, -0.15) is 10.4 Å². The highest BCUT2D eigenvalue weighted by Gasteiger charge is 2.36. The summed E-state index contributed by atoms with van der Waals surface area (Å²) in [4.78, 5) is 13.4. The molecular weight excluding hydrogens is 326 g/mol. The van der Waals surface area contributed by atoms with Gasteiger partial charge in [0, 0.05) is 13.1 Å². The zero-order valence-corrected chi connectivity index (χ0v) is 13.1. The van der Waals surface area contributed by atoms with Crippen molar-refractivity contribution in [3.63, 3.8) is 0 Å². The molecule has 108 valence electrons. The van der Waals surface area contributed by atoms with Crippen molar-refractivity contribution in [1.82, 2.24) is 14.7 Å². The fourth-order valence-electron chi connectivity index (χ4n) is 1.89. The Bertz CT molecular complexity index is 578. The predicted molar refractivity (Wildman–Crippen MR) is 75.9 cm³/mol. The van der Waals surface area contributed by atoms with E-state index in [1.54, 1.807) is 9.58 Å². The van der Waals surface area contributed by atoms with E-state index in [1.165, 1.54) is 0 Å². The van der Waals surface area contributed by atoms with Gasteiger partial charge in [-0.05, 0) is 36.7 Å². The minimum atomic E-state index is -0.510. The topological polar surface area (TPSA) is 97.2 Å². The fourth-order valence-corrected chi connectivity index (χ4v) is 2.35. The van der Waals surface area contributed by atoms with Gasteiger partial charge in [0.2, 0.25) is 0 Å². The molecule has 0 radical (unpaired) electrons. The summed E-state index contributed by atoms with van der Waals surface area (Å²) in [5.41, 5.74) is 5.67. The molecule has 0 aromatic carbocycles. The van der Waals surface area contributed by atoms with Gasteiger partial charge in [-0.1, -0.05) is 0 Å². The maximum atomic E-state index is 11.8. The number of nitrogens with two attached hydrogens (primary N) is 1. The van der Waals surface area contributed by atoms with E-state index in [2.05, 4.69) is 21.0 Å². The molecule has 0 aliphatic carbocycles. The van der Waals surface area contributed by atoms with Crippen LogP contribution in [0.2, 0.25) is 0 Å². The summed E-state index contributed by atoms with van der Waals surface area (Å²) < 4.78 is 7.27. The number of likely N-dealkylation sites (tertiary alicyclic amines) is 1. The number of ether oxygens (including phenoxy) is 1. The SMILES string of the molecule is CC(C)(C)OC(=O)N1CC(n2nc(Br)c(C#N)c2N)C1. The molecule has 2 N–H and O–H groups in total. The fraction of sp³-hybridized carbons (Fsp3) is 0.583. The first-order valence-corrected chi connectivity index (χ1v) is 6.93. The number of nitriles is 1. The number of rotatable bonds is 1. The Morgan fingerprint density at radius 3 is 2.60 bits per heavy atom. The maximum Gasteiger partial charge on any atom is 0.410 e. The number of carbonyl (C=O) groups excluding carboxylic acids is 1. The zero-order valence-electron chi connectivity index (χ0n) is 11.6. The van der Waals surface area contributed by atoms with Crippen LogP contribution in [-0.2, 0) is 4.74 Å². The lowest BCUT2D eigenvalue weighted by atomic mass is 10.1. The third-order valence-corrected chi connectivity index (χ3v) is 3.43. The van der Waals surface area contributed by atoms with Gasteiger partial charge < -0.3 is 15.4 Å². The van der Waals surface area contributed by atoms with Gasteiger partial charge in [-0.3, -0.25) is 0 Å². The van der Waals surface area contributed by atoms with Crippen LogP contribution >= 0.6 is 15.9 Å². The number of anilines is 1. The highest BCUT2D eigenvalue weighted by molar-refractivity contribution is 9.10. The highest BCUT2D eigenvalue weighted by atomic mass is 79.9. The van der Waals surface area contributed by atoms with Crippen molar-refractivity contribution in [2.24, 2.45) is 0 Å². The van der Waals surface area contributed by atoms with E-state index in [0.717, 1.165) is 0 Å². The normalized spacial score (nSPS) is 15.7. The molecule has 2 heterocycles. The van der Waals surface area contributed by atoms with Crippen molar-refractivity contribution in [1.29, 1.82) is 5.26 Å². The molecule has 7 nitrogen and oxygen atoms in total. The molecule has 1 aliphatic rings. The molecule has 1 fully saturated rings. The van der Waals surface area contributed by atoms with E-state index in [9.17, 15) is 4.79 Å². The van der Waals surface area contributed by atoms with Crippen LogP contribution in [-0.4, -0.2) is 39.5 Å². The number of aromatic nitrogens is 2. The molecule has 1 saturated heterocycles. The maximum absolute atomic E-state index is 11.8. The first-order chi connectivity index (χ1) is 9.23. The average Bonchev–Trinajstić information content (AvgIpc) is 2.49. The molecule has 8 heteroatoms. The molecule has 1 aliphatic heterocycles. The van der Waals surface area contributed by atoms with Crippen LogP contribution in [0.15, 0.2) is 4.60 Å². The van der Waals surface area contributed by atoms with E-state index in [-0.39, 0.29) is 12.1 Å². The van der Waals surface area contributed by atoms with Gasteiger partial charge in [0.05, 0.1) is 6.04 Å². The molecule has 0 spiro atoms. The zero-order chi connectivity index (χ0) is 15.1. The van der Waals surface area contributed by atoms with E-state index >= 15 is 0 Å². The van der Waals surface area contributed by atoms with Gasteiger partial charge in [-0.25, -0.2) is 9.48 Å². The summed E-state index contributed by atoms with van der Waals surface area (Å²) in [6, 6.07) is 1.96. The Morgan fingerprint density at radius 1 is 1.55 bits per heavy atom. The Morgan fingerprint density at radius 2 is 2.15 bits per heavy atom. The smallest absolute Gasteiger partial charge is 0.410 e. The summed E-state index contributed by atoms with van der Waals surface area (Å²) >= 11 is 3.19. The number of halogens is 1. The summed E-state index contributed by atoms with van der Waals surface area (Å²) in [6.07, 6.45) is -0.348. The van der Waals surface area contributed by atoms with Gasteiger partial charge >= 0.3 is 6.09 Å². The van der Waals surface area contributed by atoms with Crippen molar-refractivity contribution in [3.8, 4) is 6.07 Å². The third-order valence-electron chi connectivity index (χ3n) is 2.88. The number of amides is 1. The Balaban J connectivity index is 2.01. The molecule has 1 aromatic heterocycles. The van der Waals surface area contributed by atoms with Gasteiger partial charge in [0.15, 0.2) is 0 Å². The second kappa shape index (κ2) is 4.98. The minimum Gasteiger partial charge on any atom is -0.444 e. The van der Waals surface area contributed by atoms with E-state index in [1.807, 2.05) is 26.8 Å². The van der Waals surface area contributed by atoms with Crippen molar-refractivity contribution in [2.45, 2.75) is 32.4 Å². The molecule has 20 heavy (non-hydrogen) atoms. The molecule has 1 aromatic rings. The number of carbonyl (C=O) groups is 1. The van der Waals surface area contributed by atoms with Crippen molar-refractivity contribution < 1.29 is 9.53 Å². The molecule has 0 saturated carbocycles. The number of nitrogen functional groups attached to an aromatic ring is 1. The minimum absolute atomic E-state index is 0.0269. The van der Waals surface area contributed by atoms with Gasteiger partial charge in [0.25, 0.3) is 0 Å². The average molecular weight is 342 g/mol. The summed E-state index contributed by atoms with van der Waals surface area (Å²) in [5, 5.41) is 13.1. The molecule has 0 bridgehead atoms. The third kappa shape index (κ3) is 2.72. The summed E-state index contributed by atoms with van der Waals surface area (Å²) in [5.74, 6) is 0.313. The Hall–Kier alpha value is -1.75. The van der Waals surface area contributed by atoms with E-state index < -0.39 is 5.60 Å². The van der Waals surface area contributed by atoms with Crippen LogP contribution in [0.25, 0.3) is 0 Å². The number of hydrogen-bond acceptors (Lipinski definition) is 5. The lowest BCUT2D eigenvalue weighted by molar-refractivity contribution is -0.000148. The quantitative estimate of drug-likeness (QED) is 0.841.